The van der Waals surface area contributed by atoms with Crippen molar-refractivity contribution in [3.63, 3.8) is 0 Å². The summed E-state index contributed by atoms with van der Waals surface area (Å²) in [6.45, 7) is 12.7. The van der Waals surface area contributed by atoms with Gasteiger partial charge in [-0.2, -0.15) is 13.9 Å². The van der Waals surface area contributed by atoms with Crippen molar-refractivity contribution < 1.29 is 142 Å². The number of nitrogens with one attached hydrogen (secondary N) is 10. The maximum absolute atomic E-state index is 13.7. The number of carboxylic acid groups (broad SMARTS) is 2. The van der Waals surface area contributed by atoms with Crippen molar-refractivity contribution in [3.05, 3.63) is 113 Å². The molecule has 0 aliphatic carbocycles. The monoisotopic (exact) mass is 2120 g/mol. The van der Waals surface area contributed by atoms with Crippen LogP contribution in [0.1, 0.15) is 341 Å². The fourth-order valence-corrected chi connectivity index (χ4v) is 19.2. The van der Waals surface area contributed by atoms with E-state index in [2.05, 4.69) is 71.7 Å². The third-order valence-corrected chi connectivity index (χ3v) is 27.9. The van der Waals surface area contributed by atoms with Gasteiger partial charge in [0.25, 0.3) is 11.8 Å². The van der Waals surface area contributed by atoms with Crippen LogP contribution in [0.2, 0.25) is 0 Å². The Kier molecular flexibility index (Phi) is 67.3. The summed E-state index contributed by atoms with van der Waals surface area (Å²) < 4.78 is 32.3. The van der Waals surface area contributed by atoms with Crippen molar-refractivity contribution in [3.8, 4) is 0 Å². The Morgan fingerprint density at radius 2 is 0.980 bits per heavy atom. The van der Waals surface area contributed by atoms with Crippen LogP contribution in [0.25, 0.3) is 11.0 Å². The molecule has 0 fully saturated rings. The van der Waals surface area contributed by atoms with Gasteiger partial charge in [0.1, 0.15) is 62.3 Å². The van der Waals surface area contributed by atoms with E-state index >= 15 is 0 Å². The Morgan fingerprint density at radius 3 is 1.51 bits per heavy atom. The molecule has 3 aliphatic heterocycles. The van der Waals surface area contributed by atoms with Gasteiger partial charge >= 0.3 is 49.7 Å². The second-order valence-electron chi connectivity index (χ2n) is 39.6. The Labute approximate surface area is 907 Å². The number of nitrogens with zero attached hydrogens (tertiary/aromatic N) is 5. The zero-order chi connectivity index (χ0) is 107. The molecule has 4 aromatic carbocycles. The number of aromatic nitrogens is 2. The van der Waals surface area contributed by atoms with E-state index in [0.29, 0.717) is 133 Å². The molecule has 5 amide bonds. The van der Waals surface area contributed by atoms with Crippen LogP contribution < -0.4 is 82.3 Å². The van der Waals surface area contributed by atoms with Gasteiger partial charge in [-0.3, -0.25) is 54.0 Å². The molecule has 38 nitrogen and oxygen atoms in total. The minimum atomic E-state index is -4.55. The van der Waals surface area contributed by atoms with Gasteiger partial charge in [0.15, 0.2) is 12.6 Å². The van der Waals surface area contributed by atoms with E-state index < -0.39 is 88.4 Å². The van der Waals surface area contributed by atoms with Crippen LogP contribution in [0, 0.1) is 0 Å². The number of likely N-dealkylation sites (N-methyl/N-ethyl adjacent to an activating group) is 1. The SMILES string of the molecule is CCC(=O)N[C@@H](CC[C@H](O)NCCCCCCN1Cc2cc(C(=O)N(C)CC3Nc4ccccc4N3)ccc2N[C@@H](CC(=O)O)[C@@H]1O)C(=O)NCCCCCCN1Cc2cc(C(=O)N(C)Cc3nc4ccccc4[nH]3)ccc2N[C@@H](CC(=O)O)[C@@H]1O.CCCCCCCCCCCCCCC[C@@H](O)O[C@H](CO[C@@H](O)CCCCCCCCCCCCCCC)CO[P+]([O-])(O)OCCNC(=O)CC[C@@H](O)NCCOCCOCC.[Na+]. The number of ether oxygens (including phenoxy) is 4. The molecule has 4 heterocycles. The molecule has 1 aromatic heterocycles. The van der Waals surface area contributed by atoms with Crippen molar-refractivity contribution in [1.29, 1.82) is 0 Å². The number of aromatic amines is 1. The van der Waals surface area contributed by atoms with Gasteiger partial charge in [0, 0.05) is 102 Å². The molecule has 3 aliphatic rings. The number of rotatable bonds is 82. The van der Waals surface area contributed by atoms with Gasteiger partial charge in [-0.1, -0.05) is 225 Å². The molecule has 5 aromatic rings. The largest absolute Gasteiger partial charge is 1.00 e. The first-order valence-corrected chi connectivity index (χ1v) is 56.8. The molecule has 19 N–H and O–H groups in total. The van der Waals surface area contributed by atoms with Crippen LogP contribution in [0.5, 0.6) is 0 Å². The molecule has 149 heavy (non-hydrogen) atoms. The van der Waals surface area contributed by atoms with Crippen LogP contribution in [-0.4, -0.2) is 291 Å². The minimum Gasteiger partial charge on any atom is -0.606 e. The number of H-pyrrole nitrogens is 1. The van der Waals surface area contributed by atoms with E-state index in [0.717, 1.165) is 104 Å². The van der Waals surface area contributed by atoms with E-state index in [-0.39, 0.29) is 143 Å². The summed E-state index contributed by atoms with van der Waals surface area (Å²) in [6, 6.07) is 23.6. The minimum absolute atomic E-state index is 0. The Balaban J connectivity index is 0.000000479. The number of carboxylic acids is 2. The number of unbranched alkanes of at least 4 members (excludes halogenated alkanes) is 30. The Hall–Kier alpha value is -7.45. The number of phosphoric ester groups is 1. The van der Waals surface area contributed by atoms with Gasteiger partial charge < -0.3 is 117 Å². The van der Waals surface area contributed by atoms with E-state index in [1.807, 2.05) is 71.3 Å². The molecule has 0 saturated heterocycles. The number of aliphatic carboxylic acids is 2. The quantitative estimate of drug-likeness (QED) is 0.00744. The van der Waals surface area contributed by atoms with Gasteiger partial charge in [-0.15, -0.1) is 0 Å². The average Bonchev–Trinajstić information content (AvgIpc) is 1.69. The van der Waals surface area contributed by atoms with Crippen LogP contribution in [0.15, 0.2) is 84.9 Å². The number of anilines is 4. The number of phosphoric acid groups is 1. The van der Waals surface area contributed by atoms with Gasteiger partial charge in [-0.05, 0) is 156 Å². The van der Waals surface area contributed by atoms with Crippen LogP contribution in [0.3, 0.4) is 0 Å². The summed E-state index contributed by atoms with van der Waals surface area (Å²) >= 11 is 0. The smallest absolute Gasteiger partial charge is 0.606 e. The molecule has 0 bridgehead atoms. The fourth-order valence-electron chi connectivity index (χ4n) is 18.5. The van der Waals surface area contributed by atoms with Crippen LogP contribution in [0.4, 0.5) is 22.7 Å². The Bertz CT molecular complexity index is 4460. The van der Waals surface area contributed by atoms with Gasteiger partial charge in [-0.25, -0.2) is 4.98 Å². The maximum atomic E-state index is 13.7. The van der Waals surface area contributed by atoms with E-state index in [4.69, 9.17) is 28.0 Å². The number of aliphatic hydroxyl groups excluding tert-OH is 6. The molecule has 40 heteroatoms. The molecule has 0 spiro atoms. The number of imidazole rings is 1. The summed E-state index contributed by atoms with van der Waals surface area (Å²) in [5.41, 5.74) is 7.40. The number of carbonyl (C=O) groups is 7. The van der Waals surface area contributed by atoms with Crippen molar-refractivity contribution in [1.82, 2.24) is 56.2 Å². The Morgan fingerprint density at radius 1 is 0.497 bits per heavy atom. The molecule has 836 valence electrons. The summed E-state index contributed by atoms with van der Waals surface area (Å²) in [4.78, 5) is 127. The number of carbonyl (C=O) groups excluding carboxylic acids is 5. The van der Waals surface area contributed by atoms with Gasteiger partial charge in [0.05, 0.1) is 86.9 Å². The average molecular weight is 2120 g/mol. The standard InChI is InChI=1S/C62H85N13O11.C47H97N2O12P.Na/c1-4-54(76)71-49(58(82)64-28-14-6-8-16-30-75-36-42-32-40(22-24-44(42)66-51(62(75)86)34-57(80)81)60(84)73(3)38-53-69-47-19-11-12-20-48(47)70-53)25-26-55(77)63-27-13-5-7-15-29-74-35-41-31-39(21-23-43(41)65-50(61(74)85)33-56(78)79)59(83)72(2)37-52-67-45-17-9-10-18-46(45)68-52;1-4-7-9-11-13-15-17-19-21-23-25-27-29-31-46(52)58-41-43(61-47(53)32-30-28-26-24-22-20-18-16-14-12-10-8-5-2)42-60-62(54,55)59-38-36-49-45(51)34-33-44(50)48-35-37-57-40-39-56-6-3;/h9-12,17-24,31-32,49-52,55,61-63,65-68,77,85-86H,4-8,13-16,25-30,33-38H2,1-3H3,(H,64,82)(H,69,70)(H,71,76)(H,78,79)(H,80,81);43-44,46-48,50,52-53H,4-42H2,1-3H3,(H,49,51)(H,54,55);/q;;+1/t49-,50-,51-,55-,61-,62-;43-,44-,46-,47+;/m01./s1. The second-order valence-corrected chi connectivity index (χ2v) is 41.1. The maximum Gasteiger partial charge on any atom is 1.00 e. The zero-order valence-electron chi connectivity index (χ0n) is 90.3. The first-order valence-electron chi connectivity index (χ1n) is 55.3. The topological polar surface area (TPSA) is 530 Å². The number of amides is 5. The molecule has 11 atom stereocenters. The molecular weight excluding hydrogens is 1940 g/mol. The number of aliphatic hydroxyl groups is 6. The van der Waals surface area contributed by atoms with Crippen molar-refractivity contribution in [2.45, 2.75) is 391 Å². The predicted octanol–water partition coefficient (Wildman–Crippen LogP) is 11.0. The van der Waals surface area contributed by atoms with E-state index in [1.54, 1.807) is 61.2 Å². The normalized spacial score (nSPS) is 16.7. The summed E-state index contributed by atoms with van der Waals surface area (Å²) in [6.07, 6.45) is 31.6. The van der Waals surface area contributed by atoms with E-state index in [9.17, 15) is 84.2 Å². The molecule has 0 saturated carbocycles. The molecule has 8 rings (SSSR count). The number of para-hydroxylation sites is 4. The number of hydrogen-bond donors (Lipinski definition) is 19. The molecule has 0 radical (unpaired) electrons. The fraction of sp³-hybridized carbons (Fsp3) is 0.706. The summed E-state index contributed by atoms with van der Waals surface area (Å²) in [5, 5.41) is 112. The molecule has 1 unspecified atom stereocenters. The number of benzene rings is 4. The second kappa shape index (κ2) is 77.0. The number of fused-ring (bicyclic) bond motifs is 4. The zero-order valence-corrected chi connectivity index (χ0v) is 93.2. The van der Waals surface area contributed by atoms with Crippen molar-refractivity contribution in [2.24, 2.45) is 0 Å². The first kappa shape index (κ1) is 130. The van der Waals surface area contributed by atoms with Crippen molar-refractivity contribution in [2.75, 3.05) is 127 Å². The van der Waals surface area contributed by atoms with Crippen LogP contribution in [-0.2, 0) is 71.6 Å². The summed E-state index contributed by atoms with van der Waals surface area (Å²) in [5.74, 6) is -2.83. The number of hydrogen-bond acceptors (Lipinski definition) is 30. The van der Waals surface area contributed by atoms with Crippen molar-refractivity contribution >= 4 is 83.4 Å². The molecular formula is C109H182N15NaO23P+. The van der Waals surface area contributed by atoms with Crippen LogP contribution >= 0.6 is 8.17 Å². The van der Waals surface area contributed by atoms with E-state index in [1.165, 1.54) is 128 Å². The third-order valence-electron chi connectivity index (χ3n) is 27.0. The predicted molar refractivity (Wildman–Crippen MR) is 575 cm³/mol. The third kappa shape index (κ3) is 54.5. The summed E-state index contributed by atoms with van der Waals surface area (Å²) in [7, 11) is -1.10. The first-order chi connectivity index (χ1) is 71.5. The van der Waals surface area contributed by atoms with Gasteiger partial charge in [0.2, 0.25) is 17.7 Å².